The Balaban J connectivity index is 1.86. The Kier molecular flexibility index (Phi) is 5.81. The van der Waals surface area contributed by atoms with Crippen molar-refractivity contribution in [1.29, 1.82) is 0 Å². The molecule has 2 aromatic rings. The van der Waals surface area contributed by atoms with Gasteiger partial charge in [-0.25, -0.2) is 0 Å². The Morgan fingerprint density at radius 2 is 1.85 bits per heavy atom. The lowest BCUT2D eigenvalue weighted by Gasteiger charge is -2.38. The molecular formula is C20H24N2O5. The van der Waals surface area contributed by atoms with Crippen LogP contribution in [0.5, 0.6) is 17.2 Å². The largest absolute Gasteiger partial charge is 0.497 e. The van der Waals surface area contributed by atoms with E-state index < -0.39 is 0 Å². The number of nitrogens with zero attached hydrogens (tertiary/aromatic N) is 1. The number of pyridine rings is 1. The number of methoxy groups -OCH3 is 3. The molecular weight excluding hydrogens is 348 g/mol. The van der Waals surface area contributed by atoms with Gasteiger partial charge in [0.05, 0.1) is 45.2 Å². The summed E-state index contributed by atoms with van der Waals surface area (Å²) in [5, 5.41) is 12.8. The number of carbonyl (C=O) groups is 1. The van der Waals surface area contributed by atoms with Crippen LogP contribution in [-0.2, 0) is 0 Å². The molecule has 3 rings (SSSR count). The van der Waals surface area contributed by atoms with Gasteiger partial charge in [0.1, 0.15) is 17.2 Å². The maximum Gasteiger partial charge on any atom is 0.255 e. The van der Waals surface area contributed by atoms with Crippen LogP contribution in [0.15, 0.2) is 36.7 Å². The van der Waals surface area contributed by atoms with E-state index in [1.807, 2.05) is 6.07 Å². The highest BCUT2D eigenvalue weighted by molar-refractivity contribution is 5.97. The summed E-state index contributed by atoms with van der Waals surface area (Å²) in [4.78, 5) is 17.1. The minimum atomic E-state index is -0.330. The van der Waals surface area contributed by atoms with E-state index in [1.165, 1.54) is 7.11 Å². The molecule has 144 valence electrons. The zero-order valence-corrected chi connectivity index (χ0v) is 15.6. The third-order valence-electron chi connectivity index (χ3n) is 4.89. The van der Waals surface area contributed by atoms with Crippen molar-refractivity contribution in [1.82, 2.24) is 10.3 Å². The third kappa shape index (κ3) is 4.14. The maximum atomic E-state index is 12.9. The summed E-state index contributed by atoms with van der Waals surface area (Å²) >= 11 is 0. The molecule has 0 saturated heterocycles. The number of amides is 1. The van der Waals surface area contributed by atoms with Crippen molar-refractivity contribution in [3.8, 4) is 17.2 Å². The molecule has 1 aliphatic rings. The Morgan fingerprint density at radius 3 is 2.48 bits per heavy atom. The van der Waals surface area contributed by atoms with Gasteiger partial charge < -0.3 is 24.6 Å². The van der Waals surface area contributed by atoms with Gasteiger partial charge in [-0.1, -0.05) is 0 Å². The van der Waals surface area contributed by atoms with Gasteiger partial charge >= 0.3 is 0 Å². The van der Waals surface area contributed by atoms with Crippen LogP contribution in [0, 0.1) is 5.92 Å². The molecule has 1 aromatic carbocycles. The first-order valence-electron chi connectivity index (χ1n) is 8.75. The highest BCUT2D eigenvalue weighted by atomic mass is 16.5. The lowest BCUT2D eigenvalue weighted by Crippen LogP contribution is -2.41. The molecule has 1 heterocycles. The smallest absolute Gasteiger partial charge is 0.255 e. The fraction of sp³-hybridized carbons (Fsp3) is 0.400. The molecule has 0 aliphatic heterocycles. The summed E-state index contributed by atoms with van der Waals surface area (Å²) in [5.41, 5.74) is 1.26. The molecule has 1 saturated carbocycles. The topological polar surface area (TPSA) is 89.9 Å². The van der Waals surface area contributed by atoms with Crippen molar-refractivity contribution in [2.75, 3.05) is 21.3 Å². The molecule has 1 unspecified atom stereocenters. The summed E-state index contributed by atoms with van der Waals surface area (Å²) in [5.74, 6) is 1.53. The lowest BCUT2D eigenvalue weighted by molar-refractivity contribution is 0.0234. The molecule has 1 fully saturated rings. The van der Waals surface area contributed by atoms with Gasteiger partial charge in [0.2, 0.25) is 0 Å². The molecule has 1 atom stereocenters. The minimum Gasteiger partial charge on any atom is -0.497 e. The second-order valence-corrected chi connectivity index (χ2v) is 6.56. The van der Waals surface area contributed by atoms with E-state index in [-0.39, 0.29) is 24.0 Å². The Labute approximate surface area is 158 Å². The van der Waals surface area contributed by atoms with Crippen LogP contribution in [0.25, 0.3) is 0 Å². The fourth-order valence-corrected chi connectivity index (χ4v) is 3.30. The number of carbonyl (C=O) groups excluding carboxylic acids is 1. The van der Waals surface area contributed by atoms with Crippen LogP contribution in [0.3, 0.4) is 0 Å². The third-order valence-corrected chi connectivity index (χ3v) is 4.89. The van der Waals surface area contributed by atoms with Crippen molar-refractivity contribution in [3.63, 3.8) is 0 Å². The highest BCUT2D eigenvalue weighted by Crippen LogP contribution is 2.39. The summed E-state index contributed by atoms with van der Waals surface area (Å²) in [6.45, 7) is 0. The monoisotopic (exact) mass is 372 g/mol. The molecule has 7 nitrogen and oxygen atoms in total. The fourth-order valence-electron chi connectivity index (χ4n) is 3.30. The van der Waals surface area contributed by atoms with Crippen molar-refractivity contribution in [3.05, 3.63) is 47.8 Å². The summed E-state index contributed by atoms with van der Waals surface area (Å²) in [6, 6.07) is 6.63. The number of benzene rings is 1. The van der Waals surface area contributed by atoms with Crippen LogP contribution < -0.4 is 19.5 Å². The Hall–Kier alpha value is -2.80. The molecule has 7 heteroatoms. The van der Waals surface area contributed by atoms with Crippen molar-refractivity contribution >= 4 is 5.91 Å². The van der Waals surface area contributed by atoms with E-state index in [0.717, 1.165) is 5.56 Å². The summed E-state index contributed by atoms with van der Waals surface area (Å²) in [6.07, 6.45) is 4.25. The quantitative estimate of drug-likeness (QED) is 0.775. The molecule has 2 N–H and O–H groups in total. The Bertz CT molecular complexity index is 805. The molecule has 0 spiro atoms. The molecule has 1 amide bonds. The maximum absolute atomic E-state index is 12.9. The first kappa shape index (κ1) is 19.0. The van der Waals surface area contributed by atoms with E-state index >= 15 is 0 Å². The Morgan fingerprint density at radius 1 is 1.11 bits per heavy atom. The average molecular weight is 372 g/mol. The number of hydrogen-bond acceptors (Lipinski definition) is 6. The van der Waals surface area contributed by atoms with E-state index in [0.29, 0.717) is 35.7 Å². The molecule has 0 radical (unpaired) electrons. The minimum absolute atomic E-state index is 0.127. The van der Waals surface area contributed by atoms with Crippen molar-refractivity contribution in [2.45, 2.75) is 25.0 Å². The predicted molar refractivity (Wildman–Crippen MR) is 99.3 cm³/mol. The first-order chi connectivity index (χ1) is 13.0. The van der Waals surface area contributed by atoms with E-state index in [2.05, 4.69) is 10.3 Å². The van der Waals surface area contributed by atoms with Gasteiger partial charge in [0, 0.05) is 12.3 Å². The van der Waals surface area contributed by atoms with Crippen LogP contribution >= 0.6 is 0 Å². The highest BCUT2D eigenvalue weighted by Gasteiger charge is 2.36. The molecule has 0 bridgehead atoms. The molecule has 1 aromatic heterocycles. The molecule has 1 aliphatic carbocycles. The number of nitrogens with one attached hydrogen (secondary N) is 1. The van der Waals surface area contributed by atoms with Gasteiger partial charge in [-0.15, -0.1) is 0 Å². The normalized spacial score (nSPS) is 19.6. The average Bonchev–Trinajstić information content (AvgIpc) is 2.69. The van der Waals surface area contributed by atoms with Gasteiger partial charge in [0.15, 0.2) is 0 Å². The lowest BCUT2D eigenvalue weighted by atomic mass is 9.75. The number of ether oxygens (including phenoxy) is 3. The van der Waals surface area contributed by atoms with Crippen LogP contribution in [0.4, 0.5) is 0 Å². The standard InChI is InChI=1S/C20H24N2O5/c1-25-15-4-5-17(18(9-15)27-3)20(24)22-19(12-6-14(23)7-12)13-8-16(26-2)11-21-10-13/h4-5,8-12,14,19,23H,6-7H2,1-3H3,(H,22,24). The van der Waals surface area contributed by atoms with Crippen LogP contribution in [0.2, 0.25) is 0 Å². The van der Waals surface area contributed by atoms with E-state index in [1.54, 1.807) is 44.8 Å². The van der Waals surface area contributed by atoms with Gasteiger partial charge in [-0.3, -0.25) is 9.78 Å². The first-order valence-corrected chi connectivity index (χ1v) is 8.75. The number of aliphatic hydroxyl groups is 1. The number of hydrogen-bond donors (Lipinski definition) is 2. The second-order valence-electron chi connectivity index (χ2n) is 6.56. The number of aromatic nitrogens is 1. The van der Waals surface area contributed by atoms with E-state index in [9.17, 15) is 9.90 Å². The SMILES string of the molecule is COc1cncc(C(NC(=O)c2ccc(OC)cc2OC)C2CC(O)C2)c1. The van der Waals surface area contributed by atoms with Crippen LogP contribution in [0.1, 0.15) is 34.8 Å². The molecule has 27 heavy (non-hydrogen) atoms. The van der Waals surface area contributed by atoms with Crippen molar-refractivity contribution in [2.24, 2.45) is 5.92 Å². The number of rotatable bonds is 7. The number of aliphatic hydroxyl groups excluding tert-OH is 1. The zero-order chi connectivity index (χ0) is 19.4. The van der Waals surface area contributed by atoms with Crippen molar-refractivity contribution < 1.29 is 24.1 Å². The van der Waals surface area contributed by atoms with Gasteiger partial charge in [0.25, 0.3) is 5.91 Å². The second kappa shape index (κ2) is 8.26. The van der Waals surface area contributed by atoms with Gasteiger partial charge in [-0.05, 0) is 42.5 Å². The summed E-state index contributed by atoms with van der Waals surface area (Å²) < 4.78 is 15.8. The summed E-state index contributed by atoms with van der Waals surface area (Å²) in [7, 11) is 4.64. The van der Waals surface area contributed by atoms with Gasteiger partial charge in [-0.2, -0.15) is 0 Å². The van der Waals surface area contributed by atoms with Crippen LogP contribution in [-0.4, -0.2) is 43.4 Å². The van der Waals surface area contributed by atoms with E-state index in [4.69, 9.17) is 14.2 Å². The predicted octanol–water partition coefficient (Wildman–Crippen LogP) is 2.35. The zero-order valence-electron chi connectivity index (χ0n) is 15.6.